The minimum Gasteiger partial charge on any atom is -0.496 e. The van der Waals surface area contributed by atoms with Crippen molar-refractivity contribution in [3.63, 3.8) is 0 Å². The third-order valence-corrected chi connectivity index (χ3v) is 3.70. The Hall–Kier alpha value is -1.71. The molecule has 0 heterocycles. The molecule has 1 atom stereocenters. The molecule has 0 spiro atoms. The van der Waals surface area contributed by atoms with Crippen molar-refractivity contribution in [2.45, 2.75) is 26.3 Å². The van der Waals surface area contributed by atoms with Crippen molar-refractivity contribution in [1.29, 1.82) is 0 Å². The van der Waals surface area contributed by atoms with E-state index in [9.17, 15) is 0 Å². The lowest BCUT2D eigenvalue weighted by Gasteiger charge is -2.17. The van der Waals surface area contributed by atoms with E-state index in [0.29, 0.717) is 5.75 Å². The van der Waals surface area contributed by atoms with E-state index in [0.717, 1.165) is 34.1 Å². The Morgan fingerprint density at radius 2 is 1.90 bits per heavy atom. The first-order chi connectivity index (χ1) is 10.1. The molecule has 4 heteroatoms. The molecule has 2 N–H and O–H groups in total. The van der Waals surface area contributed by atoms with Gasteiger partial charge >= 0.3 is 0 Å². The molecule has 0 aromatic heterocycles. The molecule has 0 aliphatic carbocycles. The second kappa shape index (κ2) is 6.83. The lowest BCUT2D eigenvalue weighted by molar-refractivity contribution is 0.397. The minimum absolute atomic E-state index is 0.186. The third-order valence-electron chi connectivity index (χ3n) is 3.33. The van der Waals surface area contributed by atoms with E-state index in [2.05, 4.69) is 6.92 Å². The van der Waals surface area contributed by atoms with E-state index in [1.807, 2.05) is 43.3 Å². The Bertz CT molecular complexity index is 626. The fourth-order valence-electron chi connectivity index (χ4n) is 2.25. The van der Waals surface area contributed by atoms with Gasteiger partial charge in [-0.15, -0.1) is 0 Å². The highest BCUT2D eigenvalue weighted by Crippen LogP contribution is 2.36. The van der Waals surface area contributed by atoms with Crippen LogP contribution in [-0.4, -0.2) is 7.11 Å². The summed E-state index contributed by atoms with van der Waals surface area (Å²) in [6.07, 6.45) is 0.855. The zero-order valence-corrected chi connectivity index (χ0v) is 13.3. The summed E-state index contributed by atoms with van der Waals surface area (Å²) in [5.41, 5.74) is 7.95. The Morgan fingerprint density at radius 3 is 2.52 bits per heavy atom. The van der Waals surface area contributed by atoms with Crippen LogP contribution in [0.5, 0.6) is 17.2 Å². The molecule has 2 rings (SSSR count). The maximum absolute atomic E-state index is 6.13. The van der Waals surface area contributed by atoms with Gasteiger partial charge in [0, 0.05) is 11.1 Å². The molecule has 0 saturated carbocycles. The highest BCUT2D eigenvalue weighted by Gasteiger charge is 2.15. The van der Waals surface area contributed by atoms with Crippen LogP contribution in [0.15, 0.2) is 36.4 Å². The van der Waals surface area contributed by atoms with Crippen LogP contribution in [0.1, 0.15) is 31.0 Å². The molecule has 0 radical (unpaired) electrons. The third kappa shape index (κ3) is 3.49. The minimum atomic E-state index is -0.186. The van der Waals surface area contributed by atoms with Crippen molar-refractivity contribution in [3.8, 4) is 17.2 Å². The summed E-state index contributed by atoms with van der Waals surface area (Å²) < 4.78 is 11.4. The van der Waals surface area contributed by atoms with Gasteiger partial charge in [0.1, 0.15) is 17.2 Å². The fraction of sp³-hybridized carbons (Fsp3) is 0.294. The van der Waals surface area contributed by atoms with E-state index in [1.165, 1.54) is 0 Å². The van der Waals surface area contributed by atoms with Gasteiger partial charge in [0.15, 0.2) is 0 Å². The zero-order valence-electron chi connectivity index (χ0n) is 12.5. The zero-order chi connectivity index (χ0) is 15.4. The molecule has 1 unspecified atom stereocenters. The SMILES string of the molecule is CCc1cc(Oc2cccc(OC)c2C(C)N)ccc1Cl. The second-order valence-electron chi connectivity index (χ2n) is 4.87. The predicted molar refractivity (Wildman–Crippen MR) is 86.5 cm³/mol. The Balaban J connectivity index is 2.39. The topological polar surface area (TPSA) is 44.5 Å². The highest BCUT2D eigenvalue weighted by molar-refractivity contribution is 6.31. The number of hydrogen-bond donors (Lipinski definition) is 1. The van der Waals surface area contributed by atoms with E-state index < -0.39 is 0 Å². The average molecular weight is 306 g/mol. The van der Waals surface area contributed by atoms with Crippen LogP contribution in [0.2, 0.25) is 5.02 Å². The maximum atomic E-state index is 6.13. The first-order valence-electron chi connectivity index (χ1n) is 6.95. The van der Waals surface area contributed by atoms with Gasteiger partial charge in [-0.05, 0) is 49.2 Å². The molecule has 112 valence electrons. The van der Waals surface area contributed by atoms with Gasteiger partial charge in [-0.1, -0.05) is 24.6 Å². The molecule has 0 aliphatic heterocycles. The van der Waals surface area contributed by atoms with Crippen LogP contribution in [0.25, 0.3) is 0 Å². The van der Waals surface area contributed by atoms with E-state index in [1.54, 1.807) is 7.11 Å². The molecule has 2 aromatic carbocycles. The number of aryl methyl sites for hydroxylation is 1. The van der Waals surface area contributed by atoms with Gasteiger partial charge < -0.3 is 15.2 Å². The normalized spacial score (nSPS) is 12.0. The summed E-state index contributed by atoms with van der Waals surface area (Å²) in [5, 5.41) is 0.753. The van der Waals surface area contributed by atoms with Gasteiger partial charge in [-0.25, -0.2) is 0 Å². The van der Waals surface area contributed by atoms with Gasteiger partial charge in [-0.2, -0.15) is 0 Å². The monoisotopic (exact) mass is 305 g/mol. The molecule has 2 aromatic rings. The lowest BCUT2D eigenvalue weighted by atomic mass is 10.1. The molecule has 0 fully saturated rings. The summed E-state index contributed by atoms with van der Waals surface area (Å²) >= 11 is 6.13. The summed E-state index contributed by atoms with van der Waals surface area (Å²) in [7, 11) is 1.63. The van der Waals surface area contributed by atoms with Gasteiger partial charge in [0.05, 0.1) is 12.7 Å². The highest BCUT2D eigenvalue weighted by atomic mass is 35.5. The van der Waals surface area contributed by atoms with Crippen molar-refractivity contribution in [3.05, 3.63) is 52.5 Å². The first-order valence-corrected chi connectivity index (χ1v) is 7.33. The number of hydrogen-bond acceptors (Lipinski definition) is 3. The van der Waals surface area contributed by atoms with E-state index >= 15 is 0 Å². The van der Waals surface area contributed by atoms with Crippen molar-refractivity contribution >= 4 is 11.6 Å². The van der Waals surface area contributed by atoms with Gasteiger partial charge in [0.2, 0.25) is 0 Å². The van der Waals surface area contributed by atoms with Crippen LogP contribution in [0.4, 0.5) is 0 Å². The summed E-state index contributed by atoms with van der Waals surface area (Å²) in [4.78, 5) is 0. The largest absolute Gasteiger partial charge is 0.496 e. The molecular weight excluding hydrogens is 286 g/mol. The summed E-state index contributed by atoms with van der Waals surface area (Å²) in [6, 6.07) is 11.1. The van der Waals surface area contributed by atoms with Crippen LogP contribution in [-0.2, 0) is 6.42 Å². The molecule has 0 amide bonds. The number of nitrogens with two attached hydrogens (primary N) is 1. The first kappa shape index (κ1) is 15.7. The number of rotatable bonds is 5. The molecule has 21 heavy (non-hydrogen) atoms. The standard InChI is InChI=1S/C17H20ClNO2/c1-4-12-10-13(8-9-14(12)18)21-16-7-5-6-15(20-3)17(16)11(2)19/h5-11H,4,19H2,1-3H3. The lowest BCUT2D eigenvalue weighted by Crippen LogP contribution is -2.08. The van der Waals surface area contributed by atoms with Gasteiger partial charge in [-0.3, -0.25) is 0 Å². The summed E-state index contributed by atoms with van der Waals surface area (Å²) in [5.74, 6) is 2.17. The fourth-order valence-corrected chi connectivity index (χ4v) is 2.50. The number of benzene rings is 2. The Kier molecular flexibility index (Phi) is 5.10. The maximum Gasteiger partial charge on any atom is 0.135 e. The van der Waals surface area contributed by atoms with Crippen molar-refractivity contribution in [1.82, 2.24) is 0 Å². The van der Waals surface area contributed by atoms with E-state index in [4.69, 9.17) is 26.8 Å². The number of methoxy groups -OCH3 is 1. The summed E-state index contributed by atoms with van der Waals surface area (Å²) in [6.45, 7) is 3.97. The molecular formula is C17H20ClNO2. The molecule has 0 saturated heterocycles. The Labute approximate surface area is 130 Å². The number of ether oxygens (including phenoxy) is 2. The molecule has 3 nitrogen and oxygen atoms in total. The van der Waals surface area contributed by atoms with Crippen molar-refractivity contribution in [2.24, 2.45) is 5.73 Å². The van der Waals surface area contributed by atoms with E-state index in [-0.39, 0.29) is 6.04 Å². The smallest absolute Gasteiger partial charge is 0.135 e. The molecule has 0 bridgehead atoms. The van der Waals surface area contributed by atoms with Crippen molar-refractivity contribution < 1.29 is 9.47 Å². The second-order valence-corrected chi connectivity index (χ2v) is 5.28. The van der Waals surface area contributed by atoms with Crippen molar-refractivity contribution in [2.75, 3.05) is 7.11 Å². The number of halogens is 1. The predicted octanol–water partition coefficient (Wildman–Crippen LogP) is 4.72. The average Bonchev–Trinajstić information content (AvgIpc) is 2.48. The van der Waals surface area contributed by atoms with Crippen LogP contribution >= 0.6 is 11.6 Å². The Morgan fingerprint density at radius 1 is 1.19 bits per heavy atom. The van der Waals surface area contributed by atoms with Crippen LogP contribution in [0.3, 0.4) is 0 Å². The van der Waals surface area contributed by atoms with Gasteiger partial charge in [0.25, 0.3) is 0 Å². The van der Waals surface area contributed by atoms with Crippen LogP contribution < -0.4 is 15.2 Å². The quantitative estimate of drug-likeness (QED) is 0.869. The molecule has 0 aliphatic rings. The van der Waals surface area contributed by atoms with Crippen LogP contribution in [0, 0.1) is 0 Å².